The van der Waals surface area contributed by atoms with Crippen molar-refractivity contribution in [2.75, 3.05) is 26.8 Å². The number of alkyl halides is 3. The highest BCUT2D eigenvalue weighted by Crippen LogP contribution is 2.48. The molecule has 4 fully saturated rings. The number of rotatable bonds is 4. The van der Waals surface area contributed by atoms with E-state index in [2.05, 4.69) is 35.0 Å². The van der Waals surface area contributed by atoms with Crippen LogP contribution in [0.4, 0.5) is 13.2 Å². The Balaban J connectivity index is 1.40. The van der Waals surface area contributed by atoms with Crippen molar-refractivity contribution in [1.82, 2.24) is 26.0 Å². The van der Waals surface area contributed by atoms with Crippen LogP contribution in [-0.2, 0) is 4.79 Å². The Morgan fingerprint density at radius 2 is 2.03 bits per heavy atom. The minimum Gasteiger partial charge on any atom is -0.327 e. The van der Waals surface area contributed by atoms with Gasteiger partial charge in [0.25, 0.3) is 0 Å². The first-order valence-electron chi connectivity index (χ1n) is 11.0. The van der Waals surface area contributed by atoms with Crippen molar-refractivity contribution in [3.63, 3.8) is 0 Å². The first-order valence-corrected chi connectivity index (χ1v) is 11.0. The highest BCUT2D eigenvalue weighted by Gasteiger charge is 2.55. The lowest BCUT2D eigenvalue weighted by Gasteiger charge is -2.39. The predicted octanol–water partition coefficient (Wildman–Crippen LogP) is 2.10. The van der Waals surface area contributed by atoms with Gasteiger partial charge in [0.2, 0.25) is 5.91 Å². The van der Waals surface area contributed by atoms with Crippen LogP contribution in [0.25, 0.3) is 0 Å². The first-order chi connectivity index (χ1) is 13.8. The van der Waals surface area contributed by atoms with Gasteiger partial charge in [-0.2, -0.15) is 13.2 Å². The van der Waals surface area contributed by atoms with E-state index in [9.17, 15) is 18.0 Å². The molecule has 0 spiro atoms. The van der Waals surface area contributed by atoms with Gasteiger partial charge in [-0.05, 0) is 63.5 Å². The van der Waals surface area contributed by atoms with Crippen LogP contribution < -0.4 is 16.2 Å². The fourth-order valence-electron chi connectivity index (χ4n) is 6.01. The summed E-state index contributed by atoms with van der Waals surface area (Å²) < 4.78 is 40.5. The zero-order valence-electron chi connectivity index (χ0n) is 17.3. The predicted molar refractivity (Wildman–Crippen MR) is 103 cm³/mol. The molecule has 3 heterocycles. The first kappa shape index (κ1) is 21.3. The van der Waals surface area contributed by atoms with Crippen molar-refractivity contribution in [1.29, 1.82) is 0 Å². The number of hydrogen-bond acceptors (Lipinski definition) is 5. The molecule has 4 rings (SSSR count). The molecule has 4 aliphatic rings. The Labute approximate surface area is 170 Å². The molecule has 1 saturated carbocycles. The molecule has 29 heavy (non-hydrogen) atoms. The quantitative estimate of drug-likeness (QED) is 0.654. The molecular formula is C20H34F3N5O. The van der Waals surface area contributed by atoms with E-state index >= 15 is 0 Å². The van der Waals surface area contributed by atoms with E-state index in [1.54, 1.807) is 4.90 Å². The maximum Gasteiger partial charge on any atom is 0.392 e. The summed E-state index contributed by atoms with van der Waals surface area (Å²) in [6.45, 7) is 4.14. The molecular weight excluding hydrogens is 383 g/mol. The number of amides is 1. The van der Waals surface area contributed by atoms with Gasteiger partial charge in [-0.15, -0.1) is 0 Å². The monoisotopic (exact) mass is 417 g/mol. The van der Waals surface area contributed by atoms with Gasteiger partial charge in [0.05, 0.1) is 24.9 Å². The van der Waals surface area contributed by atoms with Crippen LogP contribution in [0.1, 0.15) is 45.4 Å². The highest BCUT2D eigenvalue weighted by atomic mass is 19.4. The Bertz CT molecular complexity index is 603. The van der Waals surface area contributed by atoms with Gasteiger partial charge < -0.3 is 4.90 Å². The van der Waals surface area contributed by atoms with Crippen molar-refractivity contribution >= 4 is 5.91 Å². The lowest BCUT2D eigenvalue weighted by atomic mass is 9.73. The largest absolute Gasteiger partial charge is 0.392 e. The molecule has 6 unspecified atom stereocenters. The summed E-state index contributed by atoms with van der Waals surface area (Å²) in [5, 5.41) is 3.43. The van der Waals surface area contributed by atoms with Crippen LogP contribution in [0.5, 0.6) is 0 Å². The third-order valence-electron chi connectivity index (χ3n) is 7.82. The van der Waals surface area contributed by atoms with Gasteiger partial charge in [0, 0.05) is 12.5 Å². The number of fused-ring (bicyclic) bond motifs is 1. The maximum absolute atomic E-state index is 13.5. The molecule has 6 nitrogen and oxygen atoms in total. The summed E-state index contributed by atoms with van der Waals surface area (Å²) in [5.74, 6) is -1.47. The van der Waals surface area contributed by atoms with Crippen molar-refractivity contribution in [2.24, 2.45) is 29.6 Å². The normalized spacial score (nSPS) is 40.3. The number of carbonyl (C=O) groups excluding carboxylic acids is 1. The Morgan fingerprint density at radius 3 is 2.72 bits per heavy atom. The summed E-state index contributed by atoms with van der Waals surface area (Å²) in [4.78, 5) is 17.0. The summed E-state index contributed by atoms with van der Waals surface area (Å²) in [6, 6.07) is 0. The van der Waals surface area contributed by atoms with Crippen LogP contribution in [-0.4, -0.2) is 61.0 Å². The highest BCUT2D eigenvalue weighted by molar-refractivity contribution is 5.82. The average molecular weight is 418 g/mol. The number of nitrogens with one attached hydrogen (secondary N) is 3. The summed E-state index contributed by atoms with van der Waals surface area (Å²) >= 11 is 0. The number of halogens is 3. The van der Waals surface area contributed by atoms with E-state index in [-0.39, 0.29) is 25.0 Å². The zero-order valence-corrected chi connectivity index (χ0v) is 17.3. The molecule has 166 valence electrons. The molecule has 0 aromatic heterocycles. The topological polar surface area (TPSA) is 59.6 Å². The maximum atomic E-state index is 13.5. The number of likely N-dealkylation sites (tertiary alicyclic amines) is 1. The standard InChI is InChI=1S/C20H34F3N5O/c1-12(8-18-26-25-11-27(18)2)13-6-7-24-17(9-13)28-10-15-14(19(28)29)4-3-5-16(15)20(21,22)23/h12-18,24-26H,3-11H2,1-2H3/t12-,13?,14?,15?,16?,17?,18?/m1/s1. The molecule has 0 aromatic carbocycles. The van der Waals surface area contributed by atoms with Gasteiger partial charge in [-0.1, -0.05) is 13.3 Å². The second kappa shape index (κ2) is 8.32. The molecule has 0 bridgehead atoms. The van der Waals surface area contributed by atoms with Crippen LogP contribution >= 0.6 is 0 Å². The Morgan fingerprint density at radius 1 is 1.24 bits per heavy atom. The van der Waals surface area contributed by atoms with Gasteiger partial charge in [-0.25, -0.2) is 10.9 Å². The van der Waals surface area contributed by atoms with Crippen molar-refractivity contribution in [2.45, 2.75) is 64.0 Å². The van der Waals surface area contributed by atoms with E-state index in [0.29, 0.717) is 30.8 Å². The molecule has 3 N–H and O–H groups in total. The van der Waals surface area contributed by atoms with Crippen LogP contribution in [0.2, 0.25) is 0 Å². The van der Waals surface area contributed by atoms with Crippen molar-refractivity contribution in [3.8, 4) is 0 Å². The number of nitrogens with zero attached hydrogens (tertiary/aromatic N) is 2. The van der Waals surface area contributed by atoms with E-state index in [4.69, 9.17) is 0 Å². The molecule has 3 aliphatic heterocycles. The molecule has 0 aromatic rings. The molecule has 0 radical (unpaired) electrons. The van der Waals surface area contributed by atoms with Crippen molar-refractivity contribution < 1.29 is 18.0 Å². The minimum atomic E-state index is -4.20. The third-order valence-corrected chi connectivity index (χ3v) is 7.82. The van der Waals surface area contributed by atoms with E-state index in [0.717, 1.165) is 32.5 Å². The fourth-order valence-corrected chi connectivity index (χ4v) is 6.01. The summed E-state index contributed by atoms with van der Waals surface area (Å²) in [5.41, 5.74) is 6.44. The summed E-state index contributed by atoms with van der Waals surface area (Å²) in [6.07, 6.45) is 0.109. The van der Waals surface area contributed by atoms with Gasteiger partial charge in [-0.3, -0.25) is 15.0 Å². The molecule has 1 aliphatic carbocycles. The minimum absolute atomic E-state index is 0.0591. The van der Waals surface area contributed by atoms with Gasteiger partial charge in [0.1, 0.15) is 0 Å². The number of piperidine rings is 1. The van der Waals surface area contributed by atoms with Crippen molar-refractivity contribution in [3.05, 3.63) is 0 Å². The third kappa shape index (κ3) is 4.29. The van der Waals surface area contributed by atoms with E-state index < -0.39 is 23.9 Å². The molecule has 3 saturated heterocycles. The second-order valence-electron chi connectivity index (χ2n) is 9.56. The van der Waals surface area contributed by atoms with Gasteiger partial charge >= 0.3 is 6.18 Å². The van der Waals surface area contributed by atoms with Gasteiger partial charge in [0.15, 0.2) is 0 Å². The Hall–Kier alpha value is -0.900. The average Bonchev–Trinajstić information content (AvgIpc) is 3.24. The lowest BCUT2D eigenvalue weighted by Crippen LogP contribution is -2.52. The fraction of sp³-hybridized carbons (Fsp3) is 0.950. The lowest BCUT2D eigenvalue weighted by molar-refractivity contribution is -0.198. The van der Waals surface area contributed by atoms with E-state index in [1.807, 2.05) is 0 Å². The molecule has 9 heteroatoms. The Kier molecular flexibility index (Phi) is 6.12. The zero-order chi connectivity index (χ0) is 20.8. The molecule has 1 amide bonds. The van der Waals surface area contributed by atoms with E-state index in [1.165, 1.54) is 0 Å². The second-order valence-corrected chi connectivity index (χ2v) is 9.56. The SMILES string of the molecule is C[C@H](CC1NNCN1C)C1CCNC(N2CC3C(CCCC3C(F)(F)F)C2=O)C1. The summed E-state index contributed by atoms with van der Waals surface area (Å²) in [7, 11) is 2.08. The number of carbonyl (C=O) groups is 1. The van der Waals surface area contributed by atoms with Crippen LogP contribution in [0.3, 0.4) is 0 Å². The number of hydrazine groups is 1. The van der Waals surface area contributed by atoms with Crippen LogP contribution in [0.15, 0.2) is 0 Å². The smallest absolute Gasteiger partial charge is 0.327 e. The molecule has 7 atom stereocenters. The van der Waals surface area contributed by atoms with Crippen LogP contribution in [0, 0.1) is 29.6 Å². The number of hydrogen-bond donors (Lipinski definition) is 3.